The summed E-state index contributed by atoms with van der Waals surface area (Å²) in [5.41, 5.74) is -0.146. The second-order valence-electron chi connectivity index (χ2n) is 4.78. The van der Waals surface area contributed by atoms with Crippen molar-refractivity contribution in [1.29, 1.82) is 0 Å². The zero-order chi connectivity index (χ0) is 17.0. The van der Waals surface area contributed by atoms with Crippen LogP contribution in [-0.2, 0) is 9.59 Å². The highest BCUT2D eigenvalue weighted by Crippen LogP contribution is 2.23. The Morgan fingerprint density at radius 1 is 1.00 bits per heavy atom. The highest BCUT2D eigenvalue weighted by Gasteiger charge is 2.24. The van der Waals surface area contributed by atoms with E-state index in [9.17, 15) is 27.9 Å². The maximum atomic E-state index is 13.5. The Balaban J connectivity index is 2.15. The van der Waals surface area contributed by atoms with Gasteiger partial charge in [0.15, 0.2) is 17.5 Å². The van der Waals surface area contributed by atoms with E-state index < -0.39 is 47.4 Å². The highest BCUT2D eigenvalue weighted by molar-refractivity contribution is 5.94. The van der Waals surface area contributed by atoms with Gasteiger partial charge in [0.2, 0.25) is 5.91 Å². The van der Waals surface area contributed by atoms with Crippen LogP contribution in [0.4, 0.5) is 18.9 Å². The van der Waals surface area contributed by atoms with Crippen LogP contribution in [0, 0.1) is 17.5 Å². The molecule has 0 saturated carbocycles. The summed E-state index contributed by atoms with van der Waals surface area (Å²) in [6.07, 6.45) is -0.474. The Morgan fingerprint density at radius 3 is 2.26 bits per heavy atom. The van der Waals surface area contributed by atoms with Crippen LogP contribution >= 0.6 is 0 Å². The quantitative estimate of drug-likeness (QED) is 0.830. The van der Waals surface area contributed by atoms with Gasteiger partial charge in [-0.1, -0.05) is 30.3 Å². The number of carbonyl (C=O) groups is 2. The van der Waals surface area contributed by atoms with Crippen LogP contribution in [0.1, 0.15) is 17.9 Å². The van der Waals surface area contributed by atoms with Gasteiger partial charge in [-0.25, -0.2) is 13.2 Å². The van der Waals surface area contributed by atoms with Crippen molar-refractivity contribution in [2.75, 3.05) is 5.32 Å². The fraction of sp³-hybridized carbons (Fsp3) is 0.125. The van der Waals surface area contributed by atoms with Gasteiger partial charge in [-0.15, -0.1) is 0 Å². The molecular weight excluding hydrogens is 311 g/mol. The molecule has 1 amide bonds. The number of hydrogen-bond donors (Lipinski definition) is 2. The van der Waals surface area contributed by atoms with Crippen LogP contribution in [0.15, 0.2) is 42.5 Å². The number of nitrogens with one attached hydrogen (secondary N) is 1. The van der Waals surface area contributed by atoms with Gasteiger partial charge >= 0.3 is 5.97 Å². The van der Waals surface area contributed by atoms with Crippen molar-refractivity contribution >= 4 is 17.6 Å². The maximum absolute atomic E-state index is 13.5. The third-order valence-electron chi connectivity index (χ3n) is 3.20. The molecule has 2 N–H and O–H groups in total. The van der Waals surface area contributed by atoms with E-state index in [0.29, 0.717) is 11.6 Å². The van der Waals surface area contributed by atoms with E-state index in [1.165, 1.54) is 0 Å². The minimum Gasteiger partial charge on any atom is -0.481 e. The maximum Gasteiger partial charge on any atom is 0.311 e. The molecule has 0 heterocycles. The van der Waals surface area contributed by atoms with E-state index >= 15 is 0 Å². The summed E-state index contributed by atoms with van der Waals surface area (Å²) < 4.78 is 39.4. The van der Waals surface area contributed by atoms with E-state index in [1.54, 1.807) is 30.3 Å². The van der Waals surface area contributed by atoms with Crippen LogP contribution in [0.25, 0.3) is 0 Å². The van der Waals surface area contributed by atoms with Crippen LogP contribution in [0.3, 0.4) is 0 Å². The van der Waals surface area contributed by atoms with Crippen molar-refractivity contribution in [2.24, 2.45) is 0 Å². The third kappa shape index (κ3) is 3.88. The molecule has 0 saturated heterocycles. The van der Waals surface area contributed by atoms with Crippen LogP contribution in [0.5, 0.6) is 0 Å². The summed E-state index contributed by atoms with van der Waals surface area (Å²) in [5, 5.41) is 11.3. The number of carbonyl (C=O) groups excluding carboxylic acids is 1. The van der Waals surface area contributed by atoms with Crippen LogP contribution in [0.2, 0.25) is 0 Å². The van der Waals surface area contributed by atoms with Crippen molar-refractivity contribution in [3.63, 3.8) is 0 Å². The first-order valence-corrected chi connectivity index (χ1v) is 6.61. The van der Waals surface area contributed by atoms with E-state index in [4.69, 9.17) is 0 Å². The molecular formula is C16H12F3NO3. The molecule has 0 bridgehead atoms. The summed E-state index contributed by atoms with van der Waals surface area (Å²) in [5.74, 6) is -7.81. The molecule has 0 aromatic heterocycles. The molecule has 0 aliphatic carbocycles. The fourth-order valence-corrected chi connectivity index (χ4v) is 2.04. The fourth-order valence-electron chi connectivity index (χ4n) is 2.04. The van der Waals surface area contributed by atoms with Gasteiger partial charge in [-0.2, -0.15) is 0 Å². The summed E-state index contributed by atoms with van der Waals surface area (Å²) >= 11 is 0. The predicted molar refractivity (Wildman–Crippen MR) is 76.4 cm³/mol. The number of rotatable bonds is 5. The topological polar surface area (TPSA) is 66.4 Å². The van der Waals surface area contributed by atoms with Gasteiger partial charge in [0.05, 0.1) is 11.6 Å². The first-order chi connectivity index (χ1) is 10.9. The largest absolute Gasteiger partial charge is 0.481 e. The van der Waals surface area contributed by atoms with Crippen molar-refractivity contribution in [2.45, 2.75) is 12.3 Å². The van der Waals surface area contributed by atoms with Gasteiger partial charge in [-0.3, -0.25) is 9.59 Å². The lowest BCUT2D eigenvalue weighted by atomic mass is 9.95. The zero-order valence-corrected chi connectivity index (χ0v) is 11.7. The predicted octanol–water partition coefficient (Wildman–Crippen LogP) is 3.30. The molecule has 0 aliphatic rings. The average Bonchev–Trinajstić information content (AvgIpc) is 2.54. The molecule has 1 atom stereocenters. The lowest BCUT2D eigenvalue weighted by molar-refractivity contribution is -0.140. The Labute approximate surface area is 129 Å². The number of benzene rings is 2. The summed E-state index contributed by atoms with van der Waals surface area (Å²) in [6, 6.07) is 9.56. The normalized spacial score (nSPS) is 11.8. The molecule has 0 radical (unpaired) electrons. The monoisotopic (exact) mass is 323 g/mol. The molecule has 7 heteroatoms. The smallest absolute Gasteiger partial charge is 0.311 e. The van der Waals surface area contributed by atoms with Crippen molar-refractivity contribution in [1.82, 2.24) is 0 Å². The van der Waals surface area contributed by atoms with Gasteiger partial charge in [0, 0.05) is 6.42 Å². The lowest BCUT2D eigenvalue weighted by Gasteiger charge is -2.13. The minimum atomic E-state index is -1.71. The Hall–Kier alpha value is -2.83. The number of aliphatic carboxylic acids is 1. The molecule has 0 fully saturated rings. The standard InChI is InChI=1S/C16H12F3NO3/c17-11-6-7-12(15(19)14(11)18)20-13(21)8-10(16(22)23)9-4-2-1-3-5-9/h1-7,10H,8H2,(H,20,21)(H,22,23)/t10-/m1/s1. The van der Waals surface area contributed by atoms with E-state index in [2.05, 4.69) is 0 Å². The second kappa shape index (κ2) is 6.95. The van der Waals surface area contributed by atoms with E-state index in [-0.39, 0.29) is 0 Å². The SMILES string of the molecule is O=C(C[C@@H](C(=O)O)c1ccccc1)Nc1ccc(F)c(F)c1F. The lowest BCUT2D eigenvalue weighted by Crippen LogP contribution is -2.21. The molecule has 0 spiro atoms. The first-order valence-electron chi connectivity index (χ1n) is 6.61. The number of anilines is 1. The van der Waals surface area contributed by atoms with Crippen LogP contribution < -0.4 is 5.32 Å². The second-order valence-corrected chi connectivity index (χ2v) is 4.78. The molecule has 2 aromatic carbocycles. The van der Waals surface area contributed by atoms with Gasteiger partial charge < -0.3 is 10.4 Å². The first kappa shape index (κ1) is 16.5. The Kier molecular flexibility index (Phi) is 5.00. The Bertz CT molecular complexity index is 735. The molecule has 120 valence electrons. The molecule has 0 unspecified atom stereocenters. The highest BCUT2D eigenvalue weighted by atomic mass is 19.2. The van der Waals surface area contributed by atoms with Crippen molar-refractivity contribution in [3.05, 3.63) is 65.5 Å². The van der Waals surface area contributed by atoms with Crippen molar-refractivity contribution < 1.29 is 27.9 Å². The number of carboxylic acid groups (broad SMARTS) is 1. The number of hydrogen-bond acceptors (Lipinski definition) is 2. The number of halogens is 3. The average molecular weight is 323 g/mol. The summed E-state index contributed by atoms with van der Waals surface area (Å²) in [7, 11) is 0. The Morgan fingerprint density at radius 2 is 1.65 bits per heavy atom. The molecule has 2 rings (SSSR count). The van der Waals surface area contributed by atoms with Gasteiger partial charge in [-0.05, 0) is 17.7 Å². The summed E-state index contributed by atoms with van der Waals surface area (Å²) in [4.78, 5) is 23.2. The van der Waals surface area contributed by atoms with Gasteiger partial charge in [0.25, 0.3) is 0 Å². The van der Waals surface area contributed by atoms with Crippen molar-refractivity contribution in [3.8, 4) is 0 Å². The zero-order valence-electron chi connectivity index (χ0n) is 11.7. The summed E-state index contributed by atoms with van der Waals surface area (Å²) in [6.45, 7) is 0. The van der Waals surface area contributed by atoms with E-state index in [1.807, 2.05) is 5.32 Å². The molecule has 23 heavy (non-hydrogen) atoms. The van der Waals surface area contributed by atoms with Crippen LogP contribution in [-0.4, -0.2) is 17.0 Å². The molecule has 0 aliphatic heterocycles. The number of amides is 1. The number of carboxylic acids is 1. The minimum absolute atomic E-state index is 0.404. The molecule has 2 aromatic rings. The van der Waals surface area contributed by atoms with E-state index in [0.717, 1.165) is 6.07 Å². The van der Waals surface area contributed by atoms with Gasteiger partial charge in [0.1, 0.15) is 0 Å². The third-order valence-corrected chi connectivity index (χ3v) is 3.20. The molecule has 4 nitrogen and oxygen atoms in total.